The first-order valence-corrected chi connectivity index (χ1v) is 15.6. The summed E-state index contributed by atoms with van der Waals surface area (Å²) in [4.78, 5) is 25.0. The van der Waals surface area contributed by atoms with Crippen molar-refractivity contribution in [3.63, 3.8) is 0 Å². The van der Waals surface area contributed by atoms with Gasteiger partial charge in [-0.3, -0.25) is 4.79 Å². The lowest BCUT2D eigenvalue weighted by molar-refractivity contribution is -0.207. The summed E-state index contributed by atoms with van der Waals surface area (Å²) in [5.74, 6) is 0.985. The van der Waals surface area contributed by atoms with Crippen LogP contribution < -0.4 is 11.1 Å². The van der Waals surface area contributed by atoms with Crippen LogP contribution >= 0.6 is 0 Å². The van der Waals surface area contributed by atoms with Crippen LogP contribution in [0, 0.1) is 46.3 Å². The van der Waals surface area contributed by atoms with E-state index in [1.54, 1.807) is 0 Å². The van der Waals surface area contributed by atoms with Crippen molar-refractivity contribution >= 4 is 11.9 Å². The molecule has 4 rings (SSSR count). The average Bonchev–Trinajstić information content (AvgIpc) is 3.26. The number of rotatable bonds is 10. The number of nitrogens with one attached hydrogen (secondary N) is 1. The van der Waals surface area contributed by atoms with Crippen molar-refractivity contribution in [2.75, 3.05) is 13.7 Å². The van der Waals surface area contributed by atoms with E-state index in [9.17, 15) is 24.9 Å². The van der Waals surface area contributed by atoms with E-state index in [0.29, 0.717) is 38.1 Å². The van der Waals surface area contributed by atoms with Crippen LogP contribution in [0.1, 0.15) is 97.8 Å². The van der Waals surface area contributed by atoms with Crippen LogP contribution in [-0.4, -0.2) is 65.2 Å². The molecule has 1 amide bonds. The summed E-state index contributed by atoms with van der Waals surface area (Å²) < 4.78 is 4.89. The number of carbonyl (C=O) groups is 2. The number of hydrogen-bond donors (Lipinski definition) is 5. The van der Waals surface area contributed by atoms with E-state index < -0.39 is 18.1 Å². The second-order valence-corrected chi connectivity index (χ2v) is 14.0. The Hall–Kier alpha value is -1.22. The fourth-order valence-corrected chi connectivity index (χ4v) is 9.84. The highest BCUT2D eigenvalue weighted by molar-refractivity contribution is 5.84. The molecule has 39 heavy (non-hydrogen) atoms. The van der Waals surface area contributed by atoms with E-state index >= 15 is 0 Å². The maximum absolute atomic E-state index is 12.8. The number of carbonyl (C=O) groups excluding carboxylic acids is 2. The molecule has 0 aromatic heterocycles. The molecular weight excluding hydrogens is 496 g/mol. The highest BCUT2D eigenvalue weighted by atomic mass is 16.5. The molecule has 0 saturated heterocycles. The first-order valence-electron chi connectivity index (χ1n) is 15.6. The Kier molecular flexibility index (Phi) is 9.72. The molecule has 8 nitrogen and oxygen atoms in total. The monoisotopic (exact) mass is 550 g/mol. The Balaban J connectivity index is 1.41. The summed E-state index contributed by atoms with van der Waals surface area (Å²) in [7, 11) is 1.34. The van der Waals surface area contributed by atoms with Gasteiger partial charge in [0.2, 0.25) is 5.91 Å². The third-order valence-corrected chi connectivity index (χ3v) is 12.1. The highest BCUT2D eigenvalue weighted by Crippen LogP contribution is 2.68. The van der Waals surface area contributed by atoms with Gasteiger partial charge >= 0.3 is 5.97 Å². The first kappa shape index (κ1) is 30.7. The summed E-state index contributed by atoms with van der Waals surface area (Å²) in [6.45, 7) is 7.34. The van der Waals surface area contributed by atoms with Crippen molar-refractivity contribution in [1.29, 1.82) is 0 Å². The molecule has 0 aromatic carbocycles. The van der Waals surface area contributed by atoms with Gasteiger partial charge in [0.25, 0.3) is 0 Å². The van der Waals surface area contributed by atoms with Gasteiger partial charge in [0.05, 0.1) is 25.4 Å². The van der Waals surface area contributed by atoms with E-state index in [4.69, 9.17) is 10.5 Å². The van der Waals surface area contributed by atoms with Crippen molar-refractivity contribution < 1.29 is 29.6 Å². The predicted octanol–water partition coefficient (Wildman–Crippen LogP) is 3.15. The first-order chi connectivity index (χ1) is 18.5. The number of nitrogens with two attached hydrogens (primary N) is 1. The molecule has 0 heterocycles. The van der Waals surface area contributed by atoms with Crippen molar-refractivity contribution in [1.82, 2.24) is 5.32 Å². The van der Waals surface area contributed by atoms with Crippen LogP contribution in [0.25, 0.3) is 0 Å². The number of aliphatic hydroxyl groups is 3. The van der Waals surface area contributed by atoms with E-state index in [0.717, 1.165) is 51.4 Å². The summed E-state index contributed by atoms with van der Waals surface area (Å²) in [6, 6.07) is -0.645. The maximum atomic E-state index is 12.8. The molecule has 12 atom stereocenters. The Morgan fingerprint density at radius 1 is 1.03 bits per heavy atom. The Morgan fingerprint density at radius 3 is 2.46 bits per heavy atom. The second kappa shape index (κ2) is 12.3. The molecule has 6 N–H and O–H groups in total. The minimum Gasteiger partial charge on any atom is -0.467 e. The van der Waals surface area contributed by atoms with Gasteiger partial charge in [-0.2, -0.15) is 0 Å². The molecule has 224 valence electrons. The van der Waals surface area contributed by atoms with Crippen molar-refractivity contribution in [2.24, 2.45) is 52.1 Å². The van der Waals surface area contributed by atoms with Crippen LogP contribution in [0.4, 0.5) is 0 Å². The Labute approximate surface area is 234 Å². The van der Waals surface area contributed by atoms with Gasteiger partial charge < -0.3 is 31.1 Å². The lowest BCUT2D eigenvalue weighted by Crippen LogP contribution is -2.62. The van der Waals surface area contributed by atoms with Gasteiger partial charge in [-0.05, 0) is 124 Å². The molecule has 0 bridgehead atoms. The SMILES string of the molecule is COC(=O)[C@H](CCCCN)NC(=O)CC[C@@H](C)[C@H]1CCC2C3C(C[C@H](O)[C@@]21C)[C@@]1(C)CC[C@@H](O)C[C@H]1C[C@H]3O. The number of esters is 1. The van der Waals surface area contributed by atoms with Gasteiger partial charge in [-0.25, -0.2) is 4.79 Å². The predicted molar refractivity (Wildman–Crippen MR) is 149 cm³/mol. The Bertz CT molecular complexity index is 870. The topological polar surface area (TPSA) is 142 Å². The van der Waals surface area contributed by atoms with Crippen molar-refractivity contribution in [2.45, 2.75) is 122 Å². The number of fused-ring (bicyclic) bond motifs is 5. The van der Waals surface area contributed by atoms with Gasteiger partial charge in [0, 0.05) is 6.42 Å². The third-order valence-electron chi connectivity index (χ3n) is 12.1. The molecule has 8 heteroatoms. The van der Waals surface area contributed by atoms with Gasteiger partial charge in [-0.15, -0.1) is 0 Å². The Morgan fingerprint density at radius 2 is 1.77 bits per heavy atom. The van der Waals surface area contributed by atoms with Crippen LogP contribution in [-0.2, 0) is 14.3 Å². The highest BCUT2D eigenvalue weighted by Gasteiger charge is 2.65. The fraction of sp³-hybridized carbons (Fsp3) is 0.935. The molecular formula is C31H54N2O6. The number of ether oxygens (including phenoxy) is 1. The molecule has 0 spiro atoms. The maximum Gasteiger partial charge on any atom is 0.328 e. The fourth-order valence-electron chi connectivity index (χ4n) is 9.84. The van der Waals surface area contributed by atoms with Crippen LogP contribution in [0.2, 0.25) is 0 Å². The number of methoxy groups -OCH3 is 1. The molecule has 4 saturated carbocycles. The lowest BCUT2D eigenvalue weighted by atomic mass is 9.43. The van der Waals surface area contributed by atoms with Crippen LogP contribution in [0.3, 0.4) is 0 Å². The molecule has 3 unspecified atom stereocenters. The van der Waals surface area contributed by atoms with Crippen molar-refractivity contribution in [3.05, 3.63) is 0 Å². The minimum atomic E-state index is -0.645. The molecule has 4 fully saturated rings. The largest absolute Gasteiger partial charge is 0.467 e. The molecule has 4 aliphatic carbocycles. The van der Waals surface area contributed by atoms with Crippen molar-refractivity contribution in [3.8, 4) is 0 Å². The molecule has 0 radical (unpaired) electrons. The molecule has 0 aliphatic heterocycles. The number of hydrogen-bond acceptors (Lipinski definition) is 7. The summed E-state index contributed by atoms with van der Waals surface area (Å²) in [6.07, 6.45) is 8.01. The average molecular weight is 551 g/mol. The summed E-state index contributed by atoms with van der Waals surface area (Å²) >= 11 is 0. The summed E-state index contributed by atoms with van der Waals surface area (Å²) in [5.41, 5.74) is 5.35. The normalized spacial score (nSPS) is 43.0. The zero-order chi connectivity index (χ0) is 28.5. The standard InChI is InChI=1S/C31H54N2O6/c1-18(8-11-27(37)33-24(29(38)39-4)7-5-6-14-32)21-9-10-22-28-23(17-26(36)31(21,22)3)30(2)13-12-20(34)15-19(30)16-25(28)35/h18-26,28,34-36H,5-17,32H2,1-4H3,(H,33,37)/t18-,19+,20-,21-,22?,23?,24+,25-,26+,28?,30+,31-/m1/s1. The zero-order valence-electron chi connectivity index (χ0n) is 24.6. The minimum absolute atomic E-state index is 0.0631. The van der Waals surface area contributed by atoms with Gasteiger partial charge in [0.1, 0.15) is 6.04 Å². The molecule has 4 aliphatic rings. The number of aliphatic hydroxyl groups excluding tert-OH is 3. The smallest absolute Gasteiger partial charge is 0.328 e. The van der Waals surface area contributed by atoms with E-state index in [1.807, 2.05) is 0 Å². The number of unbranched alkanes of at least 4 members (excludes halogenated alkanes) is 1. The quantitative estimate of drug-likeness (QED) is 0.208. The van der Waals surface area contributed by atoms with Gasteiger partial charge in [0.15, 0.2) is 0 Å². The van der Waals surface area contributed by atoms with Gasteiger partial charge in [-0.1, -0.05) is 20.8 Å². The third kappa shape index (κ3) is 5.77. The van der Waals surface area contributed by atoms with Crippen LogP contribution in [0.5, 0.6) is 0 Å². The van der Waals surface area contributed by atoms with E-state index in [-0.39, 0.29) is 58.5 Å². The molecule has 0 aromatic rings. The van der Waals surface area contributed by atoms with Crippen LogP contribution in [0.15, 0.2) is 0 Å². The lowest BCUT2D eigenvalue weighted by Gasteiger charge is -2.63. The van der Waals surface area contributed by atoms with E-state index in [2.05, 4.69) is 26.1 Å². The van der Waals surface area contributed by atoms with E-state index in [1.165, 1.54) is 7.11 Å². The number of amides is 1. The summed E-state index contributed by atoms with van der Waals surface area (Å²) in [5, 5.41) is 36.4. The second-order valence-electron chi connectivity index (χ2n) is 14.0. The zero-order valence-corrected chi connectivity index (χ0v) is 24.6.